The molecule has 0 atom stereocenters. The molecular weight excluding hydrogens is 218 g/mol. The number of benzene rings is 1. The lowest BCUT2D eigenvalue weighted by atomic mass is 10.0. The topological polar surface area (TPSA) is 41.9 Å². The fourth-order valence-electron chi connectivity index (χ4n) is 2.16. The lowest BCUT2D eigenvalue weighted by Crippen LogP contribution is -2.47. The number of ether oxygens (including phenoxy) is 2. The van der Waals surface area contributed by atoms with E-state index in [0.717, 1.165) is 31.1 Å². The second-order valence-corrected chi connectivity index (χ2v) is 4.43. The summed E-state index contributed by atoms with van der Waals surface area (Å²) < 4.78 is 10.5. The van der Waals surface area contributed by atoms with Crippen molar-refractivity contribution in [3.8, 4) is 11.5 Å². The summed E-state index contributed by atoms with van der Waals surface area (Å²) in [4.78, 5) is 2.31. The minimum Gasteiger partial charge on any atom is -0.493 e. The summed E-state index contributed by atoms with van der Waals surface area (Å²) in [5.41, 5.74) is 1.21. The first-order chi connectivity index (χ1) is 8.26. The Morgan fingerprint density at radius 1 is 1.24 bits per heavy atom. The molecule has 0 amide bonds. The second kappa shape index (κ2) is 5.38. The first-order valence-corrected chi connectivity index (χ1v) is 5.81. The van der Waals surface area contributed by atoms with Gasteiger partial charge in [0.15, 0.2) is 11.5 Å². The highest BCUT2D eigenvalue weighted by atomic mass is 16.5. The molecule has 0 aliphatic carbocycles. The highest BCUT2D eigenvalue weighted by Gasteiger charge is 2.25. The maximum absolute atomic E-state index is 8.96. The Morgan fingerprint density at radius 3 is 2.53 bits per heavy atom. The fourth-order valence-corrected chi connectivity index (χ4v) is 2.16. The Morgan fingerprint density at radius 2 is 1.94 bits per heavy atom. The van der Waals surface area contributed by atoms with Crippen LogP contribution in [0.5, 0.6) is 11.5 Å². The maximum atomic E-state index is 8.96. The molecule has 0 unspecified atom stereocenters. The number of nitrogens with zero attached hydrogens (tertiary/aromatic N) is 1. The van der Waals surface area contributed by atoms with Gasteiger partial charge in [-0.25, -0.2) is 0 Å². The Kier molecular flexibility index (Phi) is 3.86. The highest BCUT2D eigenvalue weighted by molar-refractivity contribution is 5.42. The van der Waals surface area contributed by atoms with E-state index in [1.54, 1.807) is 14.2 Å². The standard InChI is InChI=1S/C13H19NO3/c1-16-12-4-3-10(5-13(12)17-2)6-14-7-11(8-14)9-15/h3-5,11,15H,6-9H2,1-2H3. The quantitative estimate of drug-likeness (QED) is 0.833. The van der Waals surface area contributed by atoms with Crippen molar-refractivity contribution in [3.05, 3.63) is 23.8 Å². The summed E-state index contributed by atoms with van der Waals surface area (Å²) in [6.07, 6.45) is 0. The normalized spacial score (nSPS) is 16.6. The molecule has 94 valence electrons. The summed E-state index contributed by atoms with van der Waals surface area (Å²) in [5, 5.41) is 8.96. The van der Waals surface area contributed by atoms with Crippen molar-refractivity contribution < 1.29 is 14.6 Å². The van der Waals surface area contributed by atoms with Crippen molar-refractivity contribution in [3.63, 3.8) is 0 Å². The Bertz CT molecular complexity index is 375. The van der Waals surface area contributed by atoms with Gasteiger partial charge in [0.05, 0.1) is 14.2 Å². The predicted octanol–water partition coefficient (Wildman–Crippen LogP) is 1.13. The summed E-state index contributed by atoms with van der Waals surface area (Å²) in [6.45, 7) is 3.15. The summed E-state index contributed by atoms with van der Waals surface area (Å²) >= 11 is 0. The van der Waals surface area contributed by atoms with Gasteiger partial charge in [-0.1, -0.05) is 6.07 Å². The monoisotopic (exact) mass is 237 g/mol. The van der Waals surface area contributed by atoms with Gasteiger partial charge in [-0.2, -0.15) is 0 Å². The third-order valence-electron chi connectivity index (χ3n) is 3.15. The van der Waals surface area contributed by atoms with E-state index in [4.69, 9.17) is 14.6 Å². The van der Waals surface area contributed by atoms with E-state index in [0.29, 0.717) is 12.5 Å². The molecule has 0 aromatic heterocycles. The molecule has 1 aliphatic heterocycles. The van der Waals surface area contributed by atoms with Crippen LogP contribution in [0, 0.1) is 5.92 Å². The van der Waals surface area contributed by atoms with E-state index in [2.05, 4.69) is 4.90 Å². The van der Waals surface area contributed by atoms with Crippen LogP contribution in [0.4, 0.5) is 0 Å². The molecule has 4 nitrogen and oxygen atoms in total. The Hall–Kier alpha value is -1.26. The van der Waals surface area contributed by atoms with Gasteiger partial charge in [0.2, 0.25) is 0 Å². The third kappa shape index (κ3) is 2.70. The van der Waals surface area contributed by atoms with Gasteiger partial charge in [0, 0.05) is 32.2 Å². The lowest BCUT2D eigenvalue weighted by Gasteiger charge is -2.38. The minimum atomic E-state index is 0.294. The average Bonchev–Trinajstić information content (AvgIpc) is 2.32. The van der Waals surface area contributed by atoms with E-state index in [1.165, 1.54) is 5.56 Å². The SMILES string of the molecule is COc1ccc(CN2CC(CO)C2)cc1OC. The first kappa shape index (κ1) is 12.2. The van der Waals surface area contributed by atoms with E-state index in [1.807, 2.05) is 18.2 Å². The van der Waals surface area contributed by atoms with Crippen LogP contribution in [0.25, 0.3) is 0 Å². The molecule has 1 aliphatic rings. The van der Waals surface area contributed by atoms with E-state index < -0.39 is 0 Å². The summed E-state index contributed by atoms with van der Waals surface area (Å²) in [7, 11) is 3.28. The molecule has 1 N–H and O–H groups in total. The Labute approximate surface area is 102 Å². The molecule has 4 heteroatoms. The first-order valence-electron chi connectivity index (χ1n) is 5.81. The van der Waals surface area contributed by atoms with Gasteiger partial charge in [0.25, 0.3) is 0 Å². The molecule has 0 bridgehead atoms. The van der Waals surface area contributed by atoms with Gasteiger partial charge in [-0.3, -0.25) is 4.90 Å². The van der Waals surface area contributed by atoms with Crippen molar-refractivity contribution in [2.24, 2.45) is 5.92 Å². The molecular formula is C13H19NO3. The van der Waals surface area contributed by atoms with Crippen LogP contribution in [0.2, 0.25) is 0 Å². The molecule has 2 rings (SSSR count). The van der Waals surface area contributed by atoms with Crippen LogP contribution in [-0.2, 0) is 6.54 Å². The van der Waals surface area contributed by atoms with Crippen LogP contribution in [0.3, 0.4) is 0 Å². The van der Waals surface area contributed by atoms with Crippen LogP contribution < -0.4 is 9.47 Å². The molecule has 0 radical (unpaired) electrons. The zero-order chi connectivity index (χ0) is 12.3. The minimum absolute atomic E-state index is 0.294. The van der Waals surface area contributed by atoms with E-state index >= 15 is 0 Å². The van der Waals surface area contributed by atoms with E-state index in [-0.39, 0.29) is 0 Å². The van der Waals surface area contributed by atoms with Gasteiger partial charge >= 0.3 is 0 Å². The molecule has 1 saturated heterocycles. The van der Waals surface area contributed by atoms with Gasteiger partial charge < -0.3 is 14.6 Å². The number of hydrogen-bond acceptors (Lipinski definition) is 4. The summed E-state index contributed by atoms with van der Waals surface area (Å²) in [6, 6.07) is 5.98. The molecule has 17 heavy (non-hydrogen) atoms. The largest absolute Gasteiger partial charge is 0.493 e. The lowest BCUT2D eigenvalue weighted by molar-refractivity contribution is 0.0479. The average molecular weight is 237 g/mol. The van der Waals surface area contributed by atoms with Gasteiger partial charge in [-0.15, -0.1) is 0 Å². The number of likely N-dealkylation sites (tertiary alicyclic amines) is 1. The van der Waals surface area contributed by atoms with Crippen LogP contribution in [0.15, 0.2) is 18.2 Å². The molecule has 1 heterocycles. The molecule has 1 fully saturated rings. The maximum Gasteiger partial charge on any atom is 0.161 e. The molecule has 0 saturated carbocycles. The van der Waals surface area contributed by atoms with E-state index in [9.17, 15) is 0 Å². The molecule has 1 aromatic rings. The third-order valence-corrected chi connectivity index (χ3v) is 3.15. The Balaban J connectivity index is 1.97. The summed E-state index contributed by atoms with van der Waals surface area (Å²) in [5.74, 6) is 1.98. The van der Waals surface area contributed by atoms with Gasteiger partial charge in [0.1, 0.15) is 0 Å². The number of hydrogen-bond donors (Lipinski definition) is 1. The van der Waals surface area contributed by atoms with Gasteiger partial charge in [-0.05, 0) is 17.7 Å². The number of aliphatic hydroxyl groups is 1. The van der Waals surface area contributed by atoms with Crippen molar-refractivity contribution >= 4 is 0 Å². The van der Waals surface area contributed by atoms with Crippen molar-refractivity contribution in [1.29, 1.82) is 0 Å². The number of methoxy groups -OCH3 is 2. The highest BCUT2D eigenvalue weighted by Crippen LogP contribution is 2.29. The molecule has 1 aromatic carbocycles. The predicted molar refractivity (Wildman–Crippen MR) is 65.4 cm³/mol. The second-order valence-electron chi connectivity index (χ2n) is 4.43. The number of rotatable bonds is 5. The van der Waals surface area contributed by atoms with Crippen LogP contribution >= 0.6 is 0 Å². The number of aliphatic hydroxyl groups excluding tert-OH is 1. The smallest absolute Gasteiger partial charge is 0.161 e. The fraction of sp³-hybridized carbons (Fsp3) is 0.538. The van der Waals surface area contributed by atoms with Crippen molar-refractivity contribution in [2.45, 2.75) is 6.54 Å². The molecule has 0 spiro atoms. The zero-order valence-electron chi connectivity index (χ0n) is 10.3. The van der Waals surface area contributed by atoms with Crippen molar-refractivity contribution in [1.82, 2.24) is 4.90 Å². The van der Waals surface area contributed by atoms with Crippen molar-refractivity contribution in [2.75, 3.05) is 33.9 Å². The zero-order valence-corrected chi connectivity index (χ0v) is 10.3. The van der Waals surface area contributed by atoms with Crippen LogP contribution in [0.1, 0.15) is 5.56 Å². The van der Waals surface area contributed by atoms with Crippen LogP contribution in [-0.4, -0.2) is 43.9 Å².